The van der Waals surface area contributed by atoms with E-state index in [-0.39, 0.29) is 5.82 Å². The van der Waals surface area contributed by atoms with Gasteiger partial charge in [0.2, 0.25) is 0 Å². The van der Waals surface area contributed by atoms with Crippen molar-refractivity contribution in [3.63, 3.8) is 0 Å². The number of H-pyrrole nitrogens is 1. The van der Waals surface area contributed by atoms with Gasteiger partial charge in [0, 0.05) is 17.1 Å². The fraction of sp³-hybridized carbons (Fsp3) is 0.667. The largest absolute Gasteiger partial charge is 0.361 e. The average Bonchev–Trinajstić information content (AvgIpc) is 2.89. The maximum Gasteiger partial charge on any atom is 0.123 e. The minimum Gasteiger partial charge on any atom is -0.361 e. The molecule has 0 bridgehead atoms. The smallest absolute Gasteiger partial charge is 0.123 e. The zero-order chi connectivity index (χ0) is 18.9. The molecule has 0 amide bonds. The fourth-order valence-corrected chi connectivity index (χ4v) is 4.59. The van der Waals surface area contributed by atoms with Gasteiger partial charge in [-0.2, -0.15) is 0 Å². The SMILES string of the molecule is CCCCN(CCCc1c[nH]c2ccc(F)cc12)CCC1CCCCCC1. The lowest BCUT2D eigenvalue weighted by molar-refractivity contribution is 0.239. The molecule has 3 heteroatoms. The van der Waals surface area contributed by atoms with E-state index in [1.807, 2.05) is 6.07 Å². The van der Waals surface area contributed by atoms with E-state index in [2.05, 4.69) is 23.0 Å². The van der Waals surface area contributed by atoms with Gasteiger partial charge in [0.05, 0.1) is 0 Å². The van der Waals surface area contributed by atoms with Crippen LogP contribution in [0.3, 0.4) is 0 Å². The number of rotatable bonds is 10. The summed E-state index contributed by atoms with van der Waals surface area (Å²) in [5.41, 5.74) is 2.30. The summed E-state index contributed by atoms with van der Waals surface area (Å²) in [5, 5.41) is 1.05. The van der Waals surface area contributed by atoms with Crippen LogP contribution in [0.25, 0.3) is 10.9 Å². The lowest BCUT2D eigenvalue weighted by Crippen LogP contribution is -2.29. The van der Waals surface area contributed by atoms with Crippen LogP contribution in [0.5, 0.6) is 0 Å². The number of hydrogen-bond donors (Lipinski definition) is 1. The third kappa shape index (κ3) is 6.34. The molecule has 1 fully saturated rings. The first-order valence-electron chi connectivity index (χ1n) is 11.2. The molecule has 0 unspecified atom stereocenters. The maximum absolute atomic E-state index is 13.6. The molecule has 1 aromatic carbocycles. The van der Waals surface area contributed by atoms with E-state index in [4.69, 9.17) is 0 Å². The van der Waals surface area contributed by atoms with Gasteiger partial charge in [-0.15, -0.1) is 0 Å². The molecule has 150 valence electrons. The molecule has 1 heterocycles. The van der Waals surface area contributed by atoms with Gasteiger partial charge in [-0.1, -0.05) is 51.9 Å². The summed E-state index contributed by atoms with van der Waals surface area (Å²) in [4.78, 5) is 5.97. The highest BCUT2D eigenvalue weighted by Crippen LogP contribution is 2.26. The number of halogens is 1. The lowest BCUT2D eigenvalue weighted by atomic mass is 9.96. The normalized spacial score (nSPS) is 16.3. The number of hydrogen-bond acceptors (Lipinski definition) is 1. The first kappa shape index (κ1) is 20.4. The summed E-state index contributed by atoms with van der Waals surface area (Å²) in [5.74, 6) is 0.810. The molecule has 0 atom stereocenters. The number of aromatic amines is 1. The predicted octanol–water partition coefficient (Wildman–Crippen LogP) is 6.70. The molecule has 2 aromatic rings. The summed E-state index contributed by atoms with van der Waals surface area (Å²) in [6.45, 7) is 5.93. The van der Waals surface area contributed by atoms with E-state index in [0.29, 0.717) is 0 Å². The lowest BCUT2D eigenvalue weighted by Gasteiger charge is -2.24. The highest BCUT2D eigenvalue weighted by Gasteiger charge is 2.14. The van der Waals surface area contributed by atoms with Crippen molar-refractivity contribution in [2.24, 2.45) is 5.92 Å². The molecule has 0 saturated heterocycles. The van der Waals surface area contributed by atoms with Crippen molar-refractivity contribution in [2.75, 3.05) is 19.6 Å². The third-order valence-electron chi connectivity index (χ3n) is 6.31. The molecule has 1 N–H and O–H groups in total. The molecule has 3 rings (SSSR count). The maximum atomic E-state index is 13.6. The Kier molecular flexibility index (Phi) is 8.19. The van der Waals surface area contributed by atoms with Crippen molar-refractivity contribution in [1.29, 1.82) is 0 Å². The topological polar surface area (TPSA) is 19.0 Å². The van der Waals surface area contributed by atoms with Crippen molar-refractivity contribution in [2.45, 2.75) is 77.6 Å². The second-order valence-corrected chi connectivity index (χ2v) is 8.45. The van der Waals surface area contributed by atoms with Gasteiger partial charge in [0.25, 0.3) is 0 Å². The van der Waals surface area contributed by atoms with Crippen molar-refractivity contribution < 1.29 is 4.39 Å². The molecule has 1 aliphatic carbocycles. The van der Waals surface area contributed by atoms with Gasteiger partial charge in [-0.05, 0) is 75.0 Å². The highest BCUT2D eigenvalue weighted by molar-refractivity contribution is 5.83. The molecule has 0 spiro atoms. The van der Waals surface area contributed by atoms with E-state index < -0.39 is 0 Å². The zero-order valence-electron chi connectivity index (χ0n) is 17.1. The van der Waals surface area contributed by atoms with Gasteiger partial charge < -0.3 is 9.88 Å². The zero-order valence-corrected chi connectivity index (χ0v) is 17.1. The van der Waals surface area contributed by atoms with Crippen LogP contribution in [0.4, 0.5) is 4.39 Å². The van der Waals surface area contributed by atoms with E-state index in [1.165, 1.54) is 82.5 Å². The van der Waals surface area contributed by atoms with Crippen LogP contribution >= 0.6 is 0 Å². The Hall–Kier alpha value is -1.35. The predicted molar refractivity (Wildman–Crippen MR) is 114 cm³/mol. The highest BCUT2D eigenvalue weighted by atomic mass is 19.1. The molecule has 27 heavy (non-hydrogen) atoms. The van der Waals surface area contributed by atoms with Gasteiger partial charge in [0.15, 0.2) is 0 Å². The molecule has 2 nitrogen and oxygen atoms in total. The van der Waals surface area contributed by atoms with E-state index in [0.717, 1.165) is 36.2 Å². The molecule has 1 aliphatic rings. The Bertz CT molecular complexity index is 670. The average molecular weight is 373 g/mol. The number of fused-ring (bicyclic) bond motifs is 1. The number of unbranched alkanes of at least 4 members (excludes halogenated alkanes) is 1. The van der Waals surface area contributed by atoms with E-state index in [1.54, 1.807) is 6.07 Å². The van der Waals surface area contributed by atoms with Crippen LogP contribution < -0.4 is 0 Å². The standard InChI is InChI=1S/C24H37FN2/c1-2-3-15-27(17-14-20-9-6-4-5-7-10-20)16-8-11-21-19-26-24-13-12-22(25)18-23(21)24/h12-13,18-20,26H,2-11,14-17H2,1H3. The Labute approximate surface area is 164 Å². The summed E-state index contributed by atoms with van der Waals surface area (Å²) >= 11 is 0. The molecular formula is C24H37FN2. The van der Waals surface area contributed by atoms with Gasteiger partial charge >= 0.3 is 0 Å². The summed E-state index contributed by atoms with van der Waals surface area (Å²) in [6.07, 6.45) is 16.8. The summed E-state index contributed by atoms with van der Waals surface area (Å²) < 4.78 is 13.6. The van der Waals surface area contributed by atoms with Crippen LogP contribution in [0.15, 0.2) is 24.4 Å². The van der Waals surface area contributed by atoms with Crippen LogP contribution in [0, 0.1) is 11.7 Å². The fourth-order valence-electron chi connectivity index (χ4n) is 4.59. The Morgan fingerprint density at radius 3 is 2.59 bits per heavy atom. The van der Waals surface area contributed by atoms with Crippen LogP contribution in [0.1, 0.15) is 76.7 Å². The number of benzene rings is 1. The number of nitrogens with zero attached hydrogens (tertiary/aromatic N) is 1. The first-order chi connectivity index (χ1) is 13.3. The number of aryl methyl sites for hydroxylation is 1. The summed E-state index contributed by atoms with van der Waals surface area (Å²) in [7, 11) is 0. The Morgan fingerprint density at radius 1 is 1.04 bits per heavy atom. The molecular weight excluding hydrogens is 335 g/mol. The quantitative estimate of drug-likeness (QED) is 0.460. The monoisotopic (exact) mass is 372 g/mol. The second kappa shape index (κ2) is 10.8. The Balaban J connectivity index is 1.48. The van der Waals surface area contributed by atoms with Crippen LogP contribution in [-0.4, -0.2) is 29.5 Å². The minimum absolute atomic E-state index is 0.142. The van der Waals surface area contributed by atoms with Crippen LogP contribution in [0.2, 0.25) is 0 Å². The van der Waals surface area contributed by atoms with Crippen molar-refractivity contribution in [1.82, 2.24) is 9.88 Å². The molecule has 1 aromatic heterocycles. The third-order valence-corrected chi connectivity index (χ3v) is 6.31. The molecule has 1 saturated carbocycles. The summed E-state index contributed by atoms with van der Waals surface area (Å²) in [6, 6.07) is 5.04. The van der Waals surface area contributed by atoms with Crippen molar-refractivity contribution in [3.05, 3.63) is 35.8 Å². The Morgan fingerprint density at radius 2 is 1.81 bits per heavy atom. The van der Waals surface area contributed by atoms with Gasteiger partial charge in [0.1, 0.15) is 5.82 Å². The first-order valence-corrected chi connectivity index (χ1v) is 11.2. The van der Waals surface area contributed by atoms with E-state index >= 15 is 0 Å². The van der Waals surface area contributed by atoms with E-state index in [9.17, 15) is 4.39 Å². The van der Waals surface area contributed by atoms with Crippen molar-refractivity contribution in [3.8, 4) is 0 Å². The van der Waals surface area contributed by atoms with Gasteiger partial charge in [-0.3, -0.25) is 0 Å². The van der Waals surface area contributed by atoms with Crippen molar-refractivity contribution >= 4 is 10.9 Å². The second-order valence-electron chi connectivity index (χ2n) is 8.45. The number of nitrogens with one attached hydrogen (secondary N) is 1. The number of aromatic nitrogens is 1. The van der Waals surface area contributed by atoms with Gasteiger partial charge in [-0.25, -0.2) is 4.39 Å². The minimum atomic E-state index is -0.142. The molecule has 0 radical (unpaired) electrons. The molecule has 0 aliphatic heterocycles. The van der Waals surface area contributed by atoms with Crippen LogP contribution in [-0.2, 0) is 6.42 Å².